The van der Waals surface area contributed by atoms with Crippen molar-refractivity contribution in [1.29, 1.82) is 0 Å². The summed E-state index contributed by atoms with van der Waals surface area (Å²) in [5.74, 6) is -0.166. The molecular formula is C22H25F3N2O2S. The zero-order valence-electron chi connectivity index (χ0n) is 16.7. The fraction of sp³-hybridized carbons (Fsp3) is 0.545. The Hall–Kier alpha value is -1.93. The summed E-state index contributed by atoms with van der Waals surface area (Å²) in [7, 11) is 0. The van der Waals surface area contributed by atoms with Gasteiger partial charge in [-0.1, -0.05) is 31.4 Å². The number of alkyl halides is 3. The van der Waals surface area contributed by atoms with E-state index < -0.39 is 11.7 Å². The predicted molar refractivity (Wildman–Crippen MR) is 109 cm³/mol. The van der Waals surface area contributed by atoms with Gasteiger partial charge in [0.2, 0.25) is 0 Å². The van der Waals surface area contributed by atoms with Crippen molar-refractivity contribution in [2.75, 3.05) is 13.1 Å². The molecule has 0 bridgehead atoms. The first-order chi connectivity index (χ1) is 14.4. The van der Waals surface area contributed by atoms with Crippen LogP contribution < -0.4 is 0 Å². The molecule has 2 fully saturated rings. The van der Waals surface area contributed by atoms with Gasteiger partial charge in [0.1, 0.15) is 10.7 Å². The highest BCUT2D eigenvalue weighted by Crippen LogP contribution is 2.33. The van der Waals surface area contributed by atoms with E-state index in [-0.39, 0.29) is 12.0 Å². The van der Waals surface area contributed by atoms with Gasteiger partial charge in [0.15, 0.2) is 0 Å². The number of aromatic nitrogens is 1. The molecular weight excluding hydrogens is 413 g/mol. The number of carbonyl (C=O) groups excluding carboxylic acids is 1. The summed E-state index contributed by atoms with van der Waals surface area (Å²) in [6, 6.07) is 5.04. The first kappa shape index (κ1) is 21.3. The van der Waals surface area contributed by atoms with Crippen molar-refractivity contribution in [3.8, 4) is 10.6 Å². The molecule has 1 saturated carbocycles. The molecule has 0 unspecified atom stereocenters. The number of piperidine rings is 1. The van der Waals surface area contributed by atoms with Crippen LogP contribution in [0.2, 0.25) is 0 Å². The first-order valence-corrected chi connectivity index (χ1v) is 11.4. The van der Waals surface area contributed by atoms with Crippen LogP contribution in [-0.2, 0) is 10.9 Å². The first-order valence-electron chi connectivity index (χ1n) is 10.5. The van der Waals surface area contributed by atoms with Gasteiger partial charge in [-0.05, 0) is 37.8 Å². The number of rotatable bonds is 4. The van der Waals surface area contributed by atoms with Crippen LogP contribution in [0, 0.1) is 0 Å². The van der Waals surface area contributed by atoms with E-state index in [1.807, 2.05) is 0 Å². The van der Waals surface area contributed by atoms with Gasteiger partial charge in [0.25, 0.3) is 5.91 Å². The van der Waals surface area contributed by atoms with Crippen molar-refractivity contribution >= 4 is 17.2 Å². The van der Waals surface area contributed by atoms with Crippen molar-refractivity contribution in [2.45, 2.75) is 63.3 Å². The van der Waals surface area contributed by atoms with Crippen molar-refractivity contribution in [1.82, 2.24) is 9.88 Å². The van der Waals surface area contributed by atoms with E-state index in [2.05, 4.69) is 4.98 Å². The van der Waals surface area contributed by atoms with E-state index >= 15 is 0 Å². The molecule has 4 nitrogen and oxygen atoms in total. The Balaban J connectivity index is 1.36. The molecule has 2 aromatic rings. The molecule has 1 aromatic heterocycles. The monoisotopic (exact) mass is 438 g/mol. The molecule has 1 saturated heterocycles. The SMILES string of the molecule is O=C(c1csc(-c2cccc(C(F)(F)F)c2)n1)N1CCC(OC2CCCCC2)CC1. The summed E-state index contributed by atoms with van der Waals surface area (Å²) in [5, 5.41) is 2.04. The van der Waals surface area contributed by atoms with E-state index in [0.717, 1.165) is 37.8 Å². The molecule has 2 heterocycles. The zero-order chi connectivity index (χ0) is 21.1. The third-order valence-corrected chi connectivity index (χ3v) is 6.72. The third-order valence-electron chi connectivity index (χ3n) is 5.83. The van der Waals surface area contributed by atoms with E-state index in [4.69, 9.17) is 4.74 Å². The fourth-order valence-electron chi connectivity index (χ4n) is 4.16. The quantitative estimate of drug-likeness (QED) is 0.607. The lowest BCUT2D eigenvalue weighted by Gasteiger charge is -2.34. The molecule has 1 aliphatic heterocycles. The normalized spacial score (nSPS) is 19.2. The van der Waals surface area contributed by atoms with Gasteiger partial charge in [-0.3, -0.25) is 4.79 Å². The number of thiazole rings is 1. The number of nitrogens with zero attached hydrogens (tertiary/aromatic N) is 2. The lowest BCUT2D eigenvalue weighted by Crippen LogP contribution is -2.42. The topological polar surface area (TPSA) is 42.4 Å². The zero-order valence-corrected chi connectivity index (χ0v) is 17.5. The van der Waals surface area contributed by atoms with Crippen molar-refractivity contribution in [3.63, 3.8) is 0 Å². The molecule has 2 aliphatic rings. The lowest BCUT2D eigenvalue weighted by atomic mass is 9.97. The number of hydrogen-bond acceptors (Lipinski definition) is 4. The van der Waals surface area contributed by atoms with Crippen LogP contribution in [0.4, 0.5) is 13.2 Å². The average molecular weight is 439 g/mol. The Bertz CT molecular complexity index is 869. The molecule has 0 N–H and O–H groups in total. The van der Waals surface area contributed by atoms with Gasteiger partial charge in [0, 0.05) is 24.0 Å². The number of amides is 1. The van der Waals surface area contributed by atoms with Crippen molar-refractivity contribution in [2.24, 2.45) is 0 Å². The molecule has 0 atom stereocenters. The summed E-state index contributed by atoms with van der Waals surface area (Å²) < 4.78 is 45.1. The second-order valence-corrected chi connectivity index (χ2v) is 8.86. The third kappa shape index (κ3) is 5.03. The molecule has 4 rings (SSSR count). The summed E-state index contributed by atoms with van der Waals surface area (Å²) in [6.45, 7) is 1.24. The van der Waals surface area contributed by atoms with Crippen LogP contribution in [0.15, 0.2) is 29.6 Å². The maximum Gasteiger partial charge on any atom is 0.416 e. The van der Waals surface area contributed by atoms with Gasteiger partial charge in [-0.2, -0.15) is 13.2 Å². The lowest BCUT2D eigenvalue weighted by molar-refractivity contribution is -0.137. The summed E-state index contributed by atoms with van der Waals surface area (Å²) in [4.78, 5) is 18.9. The molecule has 1 amide bonds. The van der Waals surface area contributed by atoms with E-state index in [1.165, 1.54) is 36.7 Å². The largest absolute Gasteiger partial charge is 0.416 e. The maximum atomic E-state index is 13.0. The van der Waals surface area contributed by atoms with Crippen LogP contribution in [0.5, 0.6) is 0 Å². The van der Waals surface area contributed by atoms with E-state index in [9.17, 15) is 18.0 Å². The number of benzene rings is 1. The highest BCUT2D eigenvalue weighted by Gasteiger charge is 2.31. The Labute approximate surface area is 178 Å². The van der Waals surface area contributed by atoms with Crippen LogP contribution in [0.25, 0.3) is 10.6 Å². The predicted octanol–water partition coefficient (Wildman–Crippen LogP) is 5.78. The molecule has 0 spiro atoms. The van der Waals surface area contributed by atoms with Crippen molar-refractivity contribution in [3.05, 3.63) is 40.9 Å². The van der Waals surface area contributed by atoms with Crippen LogP contribution in [-0.4, -0.2) is 41.1 Å². The molecule has 30 heavy (non-hydrogen) atoms. The second kappa shape index (κ2) is 9.06. The van der Waals surface area contributed by atoms with Gasteiger partial charge in [0.05, 0.1) is 17.8 Å². The Morgan fingerprint density at radius 3 is 2.47 bits per heavy atom. The number of carbonyl (C=O) groups is 1. The highest BCUT2D eigenvalue weighted by molar-refractivity contribution is 7.13. The smallest absolute Gasteiger partial charge is 0.375 e. The molecule has 1 aliphatic carbocycles. The molecule has 1 aromatic carbocycles. The van der Waals surface area contributed by atoms with Crippen LogP contribution >= 0.6 is 11.3 Å². The van der Waals surface area contributed by atoms with Gasteiger partial charge in [-0.25, -0.2) is 4.98 Å². The standard InChI is InChI=1S/C22H25F3N2O2S/c23-22(24,25)16-6-4-5-15(13-16)20-26-19(14-30-20)21(28)27-11-9-18(10-12-27)29-17-7-2-1-3-8-17/h4-6,13-14,17-18H,1-3,7-12H2. The highest BCUT2D eigenvalue weighted by atomic mass is 32.1. The second-order valence-electron chi connectivity index (χ2n) is 8.00. The van der Waals surface area contributed by atoms with Gasteiger partial charge in [-0.15, -0.1) is 11.3 Å². The van der Waals surface area contributed by atoms with Crippen molar-refractivity contribution < 1.29 is 22.7 Å². The maximum absolute atomic E-state index is 13.0. The minimum atomic E-state index is -4.41. The summed E-state index contributed by atoms with van der Waals surface area (Å²) >= 11 is 1.19. The summed E-state index contributed by atoms with van der Waals surface area (Å²) in [5.41, 5.74) is -0.0596. The summed E-state index contributed by atoms with van der Waals surface area (Å²) in [6.07, 6.45) is 3.82. The van der Waals surface area contributed by atoms with E-state index in [0.29, 0.717) is 35.5 Å². The number of ether oxygens (including phenoxy) is 1. The fourth-order valence-corrected chi connectivity index (χ4v) is 4.95. The number of hydrogen-bond donors (Lipinski definition) is 0. The Morgan fingerprint density at radius 2 is 1.77 bits per heavy atom. The van der Waals surface area contributed by atoms with Gasteiger partial charge >= 0.3 is 6.18 Å². The Kier molecular flexibility index (Phi) is 6.43. The molecule has 8 heteroatoms. The molecule has 162 valence electrons. The number of likely N-dealkylation sites (tertiary alicyclic amines) is 1. The minimum Gasteiger partial charge on any atom is -0.375 e. The van der Waals surface area contributed by atoms with Gasteiger partial charge < -0.3 is 9.64 Å². The van der Waals surface area contributed by atoms with Crippen LogP contribution in [0.1, 0.15) is 61.0 Å². The average Bonchev–Trinajstić information content (AvgIpc) is 3.24. The Morgan fingerprint density at radius 1 is 1.07 bits per heavy atom. The van der Waals surface area contributed by atoms with Crippen LogP contribution in [0.3, 0.4) is 0 Å². The molecule has 0 radical (unpaired) electrons. The minimum absolute atomic E-state index is 0.166. The number of halogens is 3. The van der Waals surface area contributed by atoms with E-state index in [1.54, 1.807) is 16.3 Å².